The van der Waals surface area contributed by atoms with Crippen molar-refractivity contribution in [1.29, 1.82) is 0 Å². The van der Waals surface area contributed by atoms with E-state index in [2.05, 4.69) is 19.7 Å². The number of halogens is 1. The SMILES string of the molecule is Cc1ccc(O)c(N=Nc2ccc(S(=O)(=O)N=[N+]=[N-])cc2Cl)c1. The topological polar surface area (TPSA) is 128 Å². The Kier molecular flexibility index (Phi) is 4.85. The Labute approximate surface area is 136 Å². The Morgan fingerprint density at radius 3 is 2.48 bits per heavy atom. The third kappa shape index (κ3) is 3.98. The van der Waals surface area contributed by atoms with Gasteiger partial charge >= 0.3 is 0 Å². The third-order valence-electron chi connectivity index (χ3n) is 2.76. The molecule has 0 bridgehead atoms. The van der Waals surface area contributed by atoms with Crippen molar-refractivity contribution < 1.29 is 13.5 Å². The summed E-state index contributed by atoms with van der Waals surface area (Å²) < 4.78 is 25.9. The molecule has 2 rings (SSSR count). The molecule has 0 amide bonds. The highest BCUT2D eigenvalue weighted by Crippen LogP contribution is 2.32. The predicted octanol–water partition coefficient (Wildman–Crippen LogP) is 4.77. The summed E-state index contributed by atoms with van der Waals surface area (Å²) in [7, 11) is -4.12. The number of hydrogen-bond donors (Lipinski definition) is 1. The summed E-state index contributed by atoms with van der Waals surface area (Å²) in [5.41, 5.74) is 9.58. The number of nitrogens with zero attached hydrogens (tertiary/aromatic N) is 5. The van der Waals surface area contributed by atoms with Crippen LogP contribution in [0.5, 0.6) is 5.75 Å². The van der Waals surface area contributed by atoms with Gasteiger partial charge in [0.2, 0.25) is 0 Å². The Hall–Kier alpha value is -2.61. The van der Waals surface area contributed by atoms with E-state index in [4.69, 9.17) is 17.1 Å². The van der Waals surface area contributed by atoms with Crippen LogP contribution in [0.4, 0.5) is 11.4 Å². The van der Waals surface area contributed by atoms with Crippen molar-refractivity contribution in [3.8, 4) is 5.75 Å². The van der Waals surface area contributed by atoms with Crippen LogP contribution in [0, 0.1) is 6.92 Å². The fourth-order valence-electron chi connectivity index (χ4n) is 1.65. The van der Waals surface area contributed by atoms with E-state index >= 15 is 0 Å². The molecule has 0 aliphatic heterocycles. The lowest BCUT2D eigenvalue weighted by Crippen LogP contribution is -1.94. The minimum Gasteiger partial charge on any atom is -0.506 e. The summed E-state index contributed by atoms with van der Waals surface area (Å²) in [5.74, 6) is -0.0435. The van der Waals surface area contributed by atoms with Gasteiger partial charge in [0, 0.05) is 9.43 Å². The van der Waals surface area contributed by atoms with Crippen LogP contribution in [0.25, 0.3) is 10.4 Å². The van der Waals surface area contributed by atoms with Gasteiger partial charge in [-0.15, -0.1) is 10.2 Å². The Morgan fingerprint density at radius 1 is 1.13 bits per heavy atom. The van der Waals surface area contributed by atoms with E-state index < -0.39 is 10.0 Å². The normalized spacial score (nSPS) is 11.4. The number of sulfonamides is 1. The van der Waals surface area contributed by atoms with Crippen molar-refractivity contribution in [2.24, 2.45) is 14.7 Å². The zero-order chi connectivity index (χ0) is 17.0. The molecule has 0 unspecified atom stereocenters. The zero-order valence-electron chi connectivity index (χ0n) is 11.8. The molecule has 0 aliphatic carbocycles. The van der Waals surface area contributed by atoms with E-state index in [9.17, 15) is 13.5 Å². The molecular formula is C13H10ClN5O3S. The Balaban J connectivity index is 2.37. The number of azo groups is 1. The maximum atomic E-state index is 11.6. The minimum absolute atomic E-state index is 0.00936. The first-order chi connectivity index (χ1) is 10.8. The van der Waals surface area contributed by atoms with Crippen LogP contribution in [-0.4, -0.2) is 13.5 Å². The lowest BCUT2D eigenvalue weighted by Gasteiger charge is -2.02. The quantitative estimate of drug-likeness (QED) is 0.483. The average Bonchev–Trinajstić information content (AvgIpc) is 2.49. The molecule has 0 atom stereocenters. The summed E-state index contributed by atoms with van der Waals surface area (Å²) in [6, 6.07) is 8.46. The number of aromatic hydroxyl groups is 1. The highest BCUT2D eigenvalue weighted by atomic mass is 35.5. The van der Waals surface area contributed by atoms with E-state index in [1.54, 1.807) is 12.1 Å². The van der Waals surface area contributed by atoms with Crippen LogP contribution in [0.2, 0.25) is 5.02 Å². The van der Waals surface area contributed by atoms with Crippen LogP contribution in [0.3, 0.4) is 0 Å². The largest absolute Gasteiger partial charge is 0.506 e. The van der Waals surface area contributed by atoms with Gasteiger partial charge in [0.05, 0.1) is 9.92 Å². The molecule has 8 nitrogen and oxygen atoms in total. The summed E-state index contributed by atoms with van der Waals surface area (Å²) in [6.45, 7) is 1.83. The average molecular weight is 352 g/mol. The molecule has 0 spiro atoms. The Morgan fingerprint density at radius 2 is 1.83 bits per heavy atom. The van der Waals surface area contributed by atoms with Gasteiger partial charge in [-0.25, -0.2) is 8.42 Å². The van der Waals surface area contributed by atoms with Crippen LogP contribution in [0.1, 0.15) is 5.56 Å². The van der Waals surface area contributed by atoms with Gasteiger partial charge in [-0.05, 0) is 48.4 Å². The molecule has 2 aromatic carbocycles. The van der Waals surface area contributed by atoms with Crippen molar-refractivity contribution in [2.75, 3.05) is 0 Å². The van der Waals surface area contributed by atoms with Crippen molar-refractivity contribution in [3.05, 3.63) is 57.4 Å². The molecule has 0 aromatic heterocycles. The van der Waals surface area contributed by atoms with Crippen molar-refractivity contribution >= 4 is 33.0 Å². The molecule has 0 heterocycles. The van der Waals surface area contributed by atoms with E-state index in [1.807, 2.05) is 6.92 Å². The first-order valence-electron chi connectivity index (χ1n) is 6.16. The minimum atomic E-state index is -4.12. The van der Waals surface area contributed by atoms with Crippen molar-refractivity contribution in [3.63, 3.8) is 0 Å². The molecule has 118 valence electrons. The van der Waals surface area contributed by atoms with Crippen LogP contribution in [-0.2, 0) is 10.0 Å². The Bertz CT molecular complexity index is 937. The zero-order valence-corrected chi connectivity index (χ0v) is 13.3. The number of aryl methyl sites for hydroxylation is 1. The molecule has 0 fully saturated rings. The fraction of sp³-hybridized carbons (Fsp3) is 0.0769. The summed E-state index contributed by atoms with van der Waals surface area (Å²) in [4.78, 5) is 2.00. The van der Waals surface area contributed by atoms with Crippen molar-refractivity contribution in [1.82, 2.24) is 0 Å². The van der Waals surface area contributed by atoms with Gasteiger partial charge in [0.1, 0.15) is 17.1 Å². The molecule has 0 saturated carbocycles. The van der Waals surface area contributed by atoms with Gasteiger partial charge in [-0.2, -0.15) is 0 Å². The second-order valence-electron chi connectivity index (χ2n) is 4.45. The van der Waals surface area contributed by atoms with Gasteiger partial charge in [0.15, 0.2) is 0 Å². The number of rotatable bonds is 4. The number of hydrogen-bond acceptors (Lipinski definition) is 5. The predicted molar refractivity (Wildman–Crippen MR) is 84.8 cm³/mol. The molecule has 10 heteroatoms. The number of phenols is 1. The smallest absolute Gasteiger partial charge is 0.264 e. The summed E-state index contributed by atoms with van der Waals surface area (Å²) >= 11 is 5.96. The monoisotopic (exact) mass is 351 g/mol. The molecule has 2 aromatic rings. The highest BCUT2D eigenvalue weighted by molar-refractivity contribution is 7.90. The van der Waals surface area contributed by atoms with Crippen LogP contribution < -0.4 is 0 Å². The number of benzene rings is 2. The maximum Gasteiger partial charge on any atom is 0.264 e. The maximum absolute atomic E-state index is 11.6. The van der Waals surface area contributed by atoms with Gasteiger partial charge < -0.3 is 5.11 Å². The molecule has 1 N–H and O–H groups in total. The van der Waals surface area contributed by atoms with E-state index in [0.29, 0.717) is 0 Å². The first kappa shape index (κ1) is 16.8. The third-order valence-corrected chi connectivity index (χ3v) is 4.20. The van der Waals surface area contributed by atoms with Crippen LogP contribution in [0.15, 0.2) is 56.0 Å². The van der Waals surface area contributed by atoms with Gasteiger partial charge in [-0.3, -0.25) is 0 Å². The molecule has 23 heavy (non-hydrogen) atoms. The van der Waals surface area contributed by atoms with E-state index in [1.165, 1.54) is 18.2 Å². The van der Waals surface area contributed by atoms with Gasteiger partial charge in [0.25, 0.3) is 10.0 Å². The lowest BCUT2D eigenvalue weighted by atomic mass is 10.2. The number of azide groups is 1. The molecule has 0 saturated heterocycles. The summed E-state index contributed by atoms with van der Waals surface area (Å²) in [5, 5.41) is 17.5. The van der Waals surface area contributed by atoms with E-state index in [-0.39, 0.29) is 27.0 Å². The van der Waals surface area contributed by atoms with Crippen molar-refractivity contribution in [2.45, 2.75) is 11.8 Å². The van der Waals surface area contributed by atoms with E-state index in [0.717, 1.165) is 11.6 Å². The summed E-state index contributed by atoms with van der Waals surface area (Å²) in [6.07, 6.45) is 0. The fourth-order valence-corrected chi connectivity index (χ4v) is 2.63. The first-order valence-corrected chi connectivity index (χ1v) is 7.97. The number of phenolic OH excluding ortho intramolecular Hbond substituents is 1. The second kappa shape index (κ2) is 6.66. The lowest BCUT2D eigenvalue weighted by molar-refractivity contribution is 0.476. The second-order valence-corrected chi connectivity index (χ2v) is 6.44. The molecule has 0 aliphatic rings. The standard InChI is InChI=1S/C13H10ClN5O3S/c1-8-2-5-13(20)12(6-8)17-16-11-4-3-9(7-10(11)14)23(21,22)19-18-15/h2-7,20H,1H3. The molecule has 0 radical (unpaired) electrons. The highest BCUT2D eigenvalue weighted by Gasteiger charge is 2.14. The van der Waals surface area contributed by atoms with Gasteiger partial charge in [-0.1, -0.05) is 17.7 Å². The molecular weight excluding hydrogens is 342 g/mol. The van der Waals surface area contributed by atoms with Crippen LogP contribution >= 0.6 is 11.6 Å².